The number of carbonyl (C=O) groups is 1. The van der Waals surface area contributed by atoms with Gasteiger partial charge >= 0.3 is 5.95 Å². The Morgan fingerprint density at radius 3 is 2.63 bits per heavy atom. The number of nitro groups is 1. The van der Waals surface area contributed by atoms with Crippen molar-refractivity contribution in [3.05, 3.63) is 70.0 Å². The number of aromatic nitrogens is 5. The Balaban J connectivity index is 1.31. The number of halogens is 1. The molecule has 12 heteroatoms. The Morgan fingerprint density at radius 2 is 1.93 bits per heavy atom. The predicted octanol–water partition coefficient (Wildman–Crippen LogP) is 0.986. The molecule has 0 unspecified atom stereocenters. The molecule has 0 N–H and O–H groups in total. The van der Waals surface area contributed by atoms with Crippen LogP contribution in [0.5, 0.6) is 0 Å². The first-order valence-corrected chi connectivity index (χ1v) is 9.31. The highest BCUT2D eigenvalue weighted by Gasteiger charge is 2.24. The summed E-state index contributed by atoms with van der Waals surface area (Å²) in [6.07, 6.45) is 2.85. The zero-order chi connectivity index (χ0) is 21.1. The molecule has 0 radical (unpaired) electrons. The highest BCUT2D eigenvalue weighted by Crippen LogP contribution is 2.12. The maximum absolute atomic E-state index is 13.3. The van der Waals surface area contributed by atoms with Gasteiger partial charge in [0.15, 0.2) is 6.67 Å². The molecular formula is C18H19FN8O3. The number of nitrogens with zero attached hydrogens (tertiary/aromatic N) is 8. The lowest BCUT2D eigenvalue weighted by Crippen LogP contribution is -2.48. The van der Waals surface area contributed by atoms with Gasteiger partial charge in [-0.05, 0) is 28.7 Å². The van der Waals surface area contributed by atoms with Crippen LogP contribution in [-0.2, 0) is 13.2 Å². The molecule has 3 heterocycles. The number of benzene rings is 1. The van der Waals surface area contributed by atoms with E-state index in [0.717, 1.165) is 5.56 Å². The van der Waals surface area contributed by atoms with E-state index in [-0.39, 0.29) is 18.4 Å². The second kappa shape index (κ2) is 8.37. The van der Waals surface area contributed by atoms with E-state index in [4.69, 9.17) is 0 Å². The molecule has 1 aliphatic heterocycles. The zero-order valence-corrected chi connectivity index (χ0v) is 16.0. The number of rotatable bonds is 6. The Hall–Kier alpha value is -3.67. The molecule has 4 rings (SSSR count). The van der Waals surface area contributed by atoms with E-state index in [1.54, 1.807) is 23.2 Å². The fraction of sp³-hybridized carbons (Fsp3) is 0.333. The molecule has 0 atom stereocenters. The highest BCUT2D eigenvalue weighted by molar-refractivity contribution is 5.92. The molecule has 0 aliphatic carbocycles. The lowest BCUT2D eigenvalue weighted by atomic mass is 10.2. The number of amides is 1. The first kappa shape index (κ1) is 19.6. The lowest BCUT2D eigenvalue weighted by Gasteiger charge is -2.34. The van der Waals surface area contributed by atoms with Crippen molar-refractivity contribution in [1.29, 1.82) is 0 Å². The first-order valence-electron chi connectivity index (χ1n) is 9.31. The monoisotopic (exact) mass is 414 g/mol. The zero-order valence-electron chi connectivity index (χ0n) is 16.0. The normalized spacial score (nSPS) is 14.8. The maximum Gasteiger partial charge on any atom is 0.491 e. The number of carbonyl (C=O) groups excluding carboxylic acids is 1. The molecule has 0 saturated carbocycles. The van der Waals surface area contributed by atoms with Gasteiger partial charge in [-0.2, -0.15) is 9.78 Å². The van der Waals surface area contributed by atoms with Crippen molar-refractivity contribution in [2.75, 3.05) is 26.2 Å². The first-order chi connectivity index (χ1) is 14.5. The van der Waals surface area contributed by atoms with Crippen molar-refractivity contribution < 1.29 is 14.1 Å². The number of piperazine rings is 1. The average molecular weight is 414 g/mol. The molecule has 1 amide bonds. The van der Waals surface area contributed by atoms with Crippen LogP contribution in [0.15, 0.2) is 42.9 Å². The van der Waals surface area contributed by atoms with E-state index in [9.17, 15) is 19.3 Å². The van der Waals surface area contributed by atoms with Crippen LogP contribution in [0.3, 0.4) is 0 Å². The number of hydrogen-bond acceptors (Lipinski definition) is 7. The van der Waals surface area contributed by atoms with Gasteiger partial charge in [-0.3, -0.25) is 9.69 Å². The Bertz CT molecular complexity index is 1060. The van der Waals surface area contributed by atoms with Crippen LogP contribution in [0.1, 0.15) is 16.1 Å². The van der Waals surface area contributed by atoms with Gasteiger partial charge in [0, 0.05) is 44.0 Å². The third-order valence-corrected chi connectivity index (χ3v) is 4.79. The largest absolute Gasteiger partial charge is 0.491 e. The summed E-state index contributed by atoms with van der Waals surface area (Å²) in [7, 11) is 0. The molecule has 0 bridgehead atoms. The van der Waals surface area contributed by atoms with Crippen LogP contribution in [0.2, 0.25) is 0 Å². The van der Waals surface area contributed by atoms with E-state index >= 15 is 0 Å². The van der Waals surface area contributed by atoms with Crippen molar-refractivity contribution in [2.24, 2.45) is 0 Å². The summed E-state index contributed by atoms with van der Waals surface area (Å²) in [6.45, 7) is 3.22. The summed E-state index contributed by atoms with van der Waals surface area (Å²) >= 11 is 0. The van der Waals surface area contributed by atoms with Crippen LogP contribution in [-0.4, -0.2) is 71.4 Å². The third kappa shape index (κ3) is 4.49. The van der Waals surface area contributed by atoms with Gasteiger partial charge < -0.3 is 15.0 Å². The Morgan fingerprint density at radius 1 is 1.13 bits per heavy atom. The molecule has 0 spiro atoms. The van der Waals surface area contributed by atoms with Crippen LogP contribution in [0.4, 0.5) is 10.3 Å². The van der Waals surface area contributed by atoms with E-state index < -0.39 is 10.9 Å². The van der Waals surface area contributed by atoms with Crippen molar-refractivity contribution in [1.82, 2.24) is 34.3 Å². The number of hydrogen-bond donors (Lipinski definition) is 0. The summed E-state index contributed by atoms with van der Waals surface area (Å²) in [5.41, 5.74) is 1.20. The molecule has 1 aromatic carbocycles. The minimum Gasteiger partial charge on any atom is -0.390 e. The lowest BCUT2D eigenvalue weighted by molar-refractivity contribution is -0.394. The minimum absolute atomic E-state index is 0.107. The molecular weight excluding hydrogens is 395 g/mol. The van der Waals surface area contributed by atoms with Gasteiger partial charge in [0.1, 0.15) is 11.5 Å². The standard InChI is InChI=1S/C18H19FN8O3/c19-15-3-1-2-14(10-15)11-23-6-8-24(9-7-23)17(28)16-4-5-25(21-16)13-26-12-20-18(22-26)27(29)30/h1-5,10,12H,6-9,11,13H2. The van der Waals surface area contributed by atoms with Gasteiger partial charge in [-0.1, -0.05) is 17.1 Å². The molecule has 2 aromatic heterocycles. The van der Waals surface area contributed by atoms with Gasteiger partial charge in [0.05, 0.1) is 0 Å². The fourth-order valence-corrected chi connectivity index (χ4v) is 3.30. The SMILES string of the molecule is O=C(c1ccn(Cn2cnc([N+](=O)[O-])n2)n1)N1CCN(Cc2cccc(F)c2)CC1. The molecule has 11 nitrogen and oxygen atoms in total. The van der Waals surface area contributed by atoms with Crippen molar-refractivity contribution in [2.45, 2.75) is 13.2 Å². The van der Waals surface area contributed by atoms with Crippen molar-refractivity contribution in [3.63, 3.8) is 0 Å². The van der Waals surface area contributed by atoms with Crippen LogP contribution in [0, 0.1) is 15.9 Å². The van der Waals surface area contributed by atoms with E-state index in [1.807, 2.05) is 6.07 Å². The molecule has 3 aromatic rings. The smallest absolute Gasteiger partial charge is 0.390 e. The van der Waals surface area contributed by atoms with E-state index in [0.29, 0.717) is 38.4 Å². The summed E-state index contributed by atoms with van der Waals surface area (Å²) < 4.78 is 16.1. The van der Waals surface area contributed by atoms with Crippen LogP contribution >= 0.6 is 0 Å². The summed E-state index contributed by atoms with van der Waals surface area (Å²) in [6, 6.07) is 8.12. The van der Waals surface area contributed by atoms with Gasteiger partial charge in [0.2, 0.25) is 6.33 Å². The fourth-order valence-electron chi connectivity index (χ4n) is 3.30. The average Bonchev–Trinajstić information content (AvgIpc) is 3.38. The molecule has 1 fully saturated rings. The van der Waals surface area contributed by atoms with E-state index in [1.165, 1.54) is 27.8 Å². The van der Waals surface area contributed by atoms with Crippen LogP contribution < -0.4 is 0 Å². The third-order valence-electron chi connectivity index (χ3n) is 4.79. The summed E-state index contributed by atoms with van der Waals surface area (Å²) in [5.74, 6) is -0.921. The topological polar surface area (TPSA) is 115 Å². The molecule has 1 aliphatic rings. The Labute approximate surface area is 170 Å². The summed E-state index contributed by atoms with van der Waals surface area (Å²) in [4.78, 5) is 30.2. The van der Waals surface area contributed by atoms with E-state index in [2.05, 4.69) is 20.1 Å². The van der Waals surface area contributed by atoms with Crippen molar-refractivity contribution >= 4 is 11.9 Å². The second-order valence-corrected chi connectivity index (χ2v) is 6.92. The summed E-state index contributed by atoms with van der Waals surface area (Å²) in [5, 5.41) is 18.6. The maximum atomic E-state index is 13.3. The van der Waals surface area contributed by atoms with Crippen LogP contribution in [0.25, 0.3) is 0 Å². The van der Waals surface area contributed by atoms with Gasteiger partial charge in [-0.25, -0.2) is 9.07 Å². The Kier molecular flexibility index (Phi) is 5.48. The van der Waals surface area contributed by atoms with Gasteiger partial charge in [0.25, 0.3) is 5.91 Å². The molecule has 156 valence electrons. The van der Waals surface area contributed by atoms with Gasteiger partial charge in [-0.15, -0.1) is 0 Å². The van der Waals surface area contributed by atoms with Crippen molar-refractivity contribution in [3.8, 4) is 0 Å². The quantitative estimate of drug-likeness (QED) is 0.436. The minimum atomic E-state index is -0.678. The predicted molar refractivity (Wildman–Crippen MR) is 102 cm³/mol. The highest BCUT2D eigenvalue weighted by atomic mass is 19.1. The molecule has 30 heavy (non-hydrogen) atoms. The second-order valence-electron chi connectivity index (χ2n) is 6.92. The molecule has 1 saturated heterocycles.